The van der Waals surface area contributed by atoms with E-state index in [9.17, 15) is 13.2 Å². The molecule has 0 fully saturated rings. The molecule has 0 saturated heterocycles. The van der Waals surface area contributed by atoms with E-state index in [1.54, 1.807) is 19.2 Å². The Morgan fingerprint density at radius 2 is 1.29 bits per heavy atom. The second-order valence-corrected chi connectivity index (χ2v) is 4.37. The summed E-state index contributed by atoms with van der Waals surface area (Å²) in [5.74, 6) is 0.00361. The minimum absolute atomic E-state index is 0.270. The van der Waals surface area contributed by atoms with Crippen molar-refractivity contribution < 1.29 is 22.6 Å². The molecule has 0 aliphatic carbocycles. The van der Waals surface area contributed by atoms with Gasteiger partial charge in [-0.3, -0.25) is 0 Å². The lowest BCUT2D eigenvalue weighted by molar-refractivity contribution is -0.274. The summed E-state index contributed by atoms with van der Waals surface area (Å²) in [4.78, 5) is 0. The van der Waals surface area contributed by atoms with Crippen molar-refractivity contribution in [2.24, 2.45) is 0 Å². The molecule has 0 saturated carbocycles. The van der Waals surface area contributed by atoms with Crippen LogP contribution in [0.3, 0.4) is 0 Å². The number of hydrogen-bond acceptors (Lipinski definition) is 2. The van der Waals surface area contributed by atoms with Gasteiger partial charge in [-0.15, -0.1) is 13.2 Å². The minimum atomic E-state index is -4.69. The van der Waals surface area contributed by atoms with Gasteiger partial charge in [0.1, 0.15) is 11.5 Å². The Morgan fingerprint density at radius 1 is 0.857 bits per heavy atom. The van der Waals surface area contributed by atoms with E-state index in [0.29, 0.717) is 11.3 Å². The molecular weight excluding hydrogens is 280 g/mol. The van der Waals surface area contributed by atoms with Crippen LogP contribution in [0, 0.1) is 0 Å². The van der Waals surface area contributed by atoms with Crippen LogP contribution in [0.4, 0.5) is 13.2 Å². The molecular formula is C15H12BF3O2. The van der Waals surface area contributed by atoms with Crippen LogP contribution < -0.4 is 9.47 Å². The molecule has 0 bridgehead atoms. The molecule has 2 radical (unpaired) electrons. The molecule has 0 aliphatic rings. The molecule has 0 amide bonds. The number of ether oxygens (including phenoxy) is 2. The zero-order valence-electron chi connectivity index (χ0n) is 11.2. The van der Waals surface area contributed by atoms with Crippen molar-refractivity contribution in [1.29, 1.82) is 0 Å². The molecule has 1 atom stereocenters. The van der Waals surface area contributed by atoms with Crippen molar-refractivity contribution in [3.05, 3.63) is 59.7 Å². The molecule has 0 spiro atoms. The Balaban J connectivity index is 2.13. The zero-order chi connectivity index (χ0) is 15.5. The van der Waals surface area contributed by atoms with Gasteiger partial charge < -0.3 is 9.47 Å². The van der Waals surface area contributed by atoms with Gasteiger partial charge in [-0.1, -0.05) is 24.3 Å². The van der Waals surface area contributed by atoms with Crippen molar-refractivity contribution in [3.8, 4) is 11.5 Å². The summed E-state index contributed by atoms with van der Waals surface area (Å²) in [6, 6.07) is 12.7. The molecule has 108 valence electrons. The van der Waals surface area contributed by atoms with Crippen LogP contribution in [0.5, 0.6) is 11.5 Å². The number of hydrogen-bond donors (Lipinski definition) is 0. The predicted octanol–water partition coefficient (Wildman–Crippen LogP) is 3.85. The Bertz CT molecular complexity index is 579. The van der Waals surface area contributed by atoms with Crippen LogP contribution in [0.1, 0.15) is 16.9 Å². The average molecular weight is 292 g/mol. The van der Waals surface area contributed by atoms with Crippen LogP contribution >= 0.6 is 0 Å². The van der Waals surface area contributed by atoms with Crippen LogP contribution in [-0.2, 0) is 0 Å². The van der Waals surface area contributed by atoms with Gasteiger partial charge in [0.05, 0.1) is 15.0 Å². The van der Waals surface area contributed by atoms with Gasteiger partial charge >= 0.3 is 6.36 Å². The van der Waals surface area contributed by atoms with E-state index >= 15 is 0 Å². The highest BCUT2D eigenvalue weighted by molar-refractivity contribution is 6.14. The third-order valence-electron chi connectivity index (χ3n) is 2.95. The number of alkyl halides is 3. The molecule has 0 aromatic heterocycles. The Hall–Kier alpha value is -2.11. The summed E-state index contributed by atoms with van der Waals surface area (Å²) in [7, 11) is 7.65. The average Bonchev–Trinajstić information content (AvgIpc) is 2.46. The molecule has 2 rings (SSSR count). The standard InChI is InChI=1S/C15H12BF3O2/c1-20-12-6-2-10(3-7-12)14(16)11-4-8-13(9-5-11)21-15(17,18)19/h2-9,14H,1H3. The molecule has 1 unspecified atom stereocenters. The Kier molecular flexibility index (Phi) is 4.45. The van der Waals surface area contributed by atoms with E-state index in [4.69, 9.17) is 12.6 Å². The summed E-state index contributed by atoms with van der Waals surface area (Å²) >= 11 is 0. The lowest BCUT2D eigenvalue weighted by atomic mass is 9.76. The molecule has 0 N–H and O–H groups in total. The Labute approximate surface area is 121 Å². The van der Waals surface area contributed by atoms with Gasteiger partial charge in [0.15, 0.2) is 0 Å². The summed E-state index contributed by atoms with van der Waals surface area (Å²) in [6.45, 7) is 0. The highest BCUT2D eigenvalue weighted by atomic mass is 19.4. The van der Waals surface area contributed by atoms with E-state index in [1.807, 2.05) is 12.1 Å². The van der Waals surface area contributed by atoms with Crippen LogP contribution in [0.15, 0.2) is 48.5 Å². The first-order valence-corrected chi connectivity index (χ1v) is 6.14. The lowest BCUT2D eigenvalue weighted by Crippen LogP contribution is -2.17. The fourth-order valence-electron chi connectivity index (χ4n) is 1.88. The number of halogens is 3. The maximum absolute atomic E-state index is 12.1. The van der Waals surface area contributed by atoms with Crippen molar-refractivity contribution >= 4 is 7.85 Å². The zero-order valence-corrected chi connectivity index (χ0v) is 11.2. The molecule has 2 aromatic rings. The highest BCUT2D eigenvalue weighted by Gasteiger charge is 2.31. The fourth-order valence-corrected chi connectivity index (χ4v) is 1.88. The van der Waals surface area contributed by atoms with E-state index < -0.39 is 12.2 Å². The first-order valence-electron chi connectivity index (χ1n) is 6.14. The number of rotatable bonds is 4. The molecule has 0 heterocycles. The van der Waals surface area contributed by atoms with Gasteiger partial charge in [0.25, 0.3) is 0 Å². The van der Waals surface area contributed by atoms with Crippen LogP contribution in [0.25, 0.3) is 0 Å². The van der Waals surface area contributed by atoms with E-state index in [2.05, 4.69) is 4.74 Å². The molecule has 21 heavy (non-hydrogen) atoms. The van der Waals surface area contributed by atoms with Gasteiger partial charge in [0, 0.05) is 0 Å². The van der Waals surface area contributed by atoms with Gasteiger partial charge in [0.2, 0.25) is 0 Å². The summed E-state index contributed by atoms with van der Waals surface area (Å²) in [6.07, 6.45) is -4.69. The smallest absolute Gasteiger partial charge is 0.497 e. The van der Waals surface area contributed by atoms with Gasteiger partial charge in [-0.2, -0.15) is 0 Å². The SMILES string of the molecule is [B]C(c1ccc(OC)cc1)c1ccc(OC(F)(F)F)cc1. The van der Waals surface area contributed by atoms with E-state index in [1.165, 1.54) is 24.3 Å². The second kappa shape index (κ2) is 6.12. The van der Waals surface area contributed by atoms with Crippen molar-refractivity contribution in [1.82, 2.24) is 0 Å². The number of benzene rings is 2. The van der Waals surface area contributed by atoms with Crippen LogP contribution in [0.2, 0.25) is 0 Å². The topological polar surface area (TPSA) is 18.5 Å². The molecule has 2 nitrogen and oxygen atoms in total. The molecule has 2 aromatic carbocycles. The van der Waals surface area contributed by atoms with Gasteiger partial charge in [-0.05, 0) is 41.2 Å². The summed E-state index contributed by atoms with van der Waals surface area (Å²) in [5, 5.41) is 0. The van der Waals surface area contributed by atoms with E-state index in [-0.39, 0.29) is 5.75 Å². The molecule has 6 heteroatoms. The van der Waals surface area contributed by atoms with E-state index in [0.717, 1.165) is 5.56 Å². The maximum Gasteiger partial charge on any atom is 0.573 e. The quantitative estimate of drug-likeness (QED) is 0.797. The summed E-state index contributed by atoms with van der Waals surface area (Å²) in [5.41, 5.74) is 1.52. The van der Waals surface area contributed by atoms with Gasteiger partial charge in [-0.25, -0.2) is 0 Å². The predicted molar refractivity (Wildman–Crippen MR) is 73.7 cm³/mol. The van der Waals surface area contributed by atoms with Crippen LogP contribution in [-0.4, -0.2) is 21.3 Å². The monoisotopic (exact) mass is 292 g/mol. The fraction of sp³-hybridized carbons (Fsp3) is 0.200. The largest absolute Gasteiger partial charge is 0.573 e. The third-order valence-corrected chi connectivity index (χ3v) is 2.95. The second-order valence-electron chi connectivity index (χ2n) is 4.37. The summed E-state index contributed by atoms with van der Waals surface area (Å²) < 4.78 is 45.1. The third kappa shape index (κ3) is 4.18. The Morgan fingerprint density at radius 3 is 1.67 bits per heavy atom. The minimum Gasteiger partial charge on any atom is -0.497 e. The highest BCUT2D eigenvalue weighted by Crippen LogP contribution is 2.27. The normalized spacial score (nSPS) is 12.8. The van der Waals surface area contributed by atoms with Crippen molar-refractivity contribution in [2.45, 2.75) is 12.2 Å². The first-order chi connectivity index (χ1) is 9.89. The first kappa shape index (κ1) is 15.3. The van der Waals surface area contributed by atoms with Crippen molar-refractivity contribution in [2.75, 3.05) is 7.11 Å². The number of methoxy groups -OCH3 is 1. The maximum atomic E-state index is 12.1. The molecule has 0 aliphatic heterocycles. The van der Waals surface area contributed by atoms with Crippen molar-refractivity contribution in [3.63, 3.8) is 0 Å². The lowest BCUT2D eigenvalue weighted by Gasteiger charge is -2.15.